The molecule has 5 aromatic carbocycles. The van der Waals surface area contributed by atoms with E-state index >= 15 is 0 Å². The standard InChI is InChI=1S/C30H41NO5.C30H34O6.C29H39NO5.C28H37NO5/c1-19-4-8-26(9-5-19)31-28(32)33-27-10-6-22(7-11-27)23-3-2-12-29(18-23)34-30(36-35-29)24-14-20-13-21(16-24)17-25(30)15-20;1-19-4-8-26(9-5-19)32-28(31)33-27-10-6-22(7-11-27)23-3-2-12-29(18-23)34-30(36-35-29)24-14-20-13-21(16-24)17-25(30)15-20;1-19-8-11-30(12-9-19)27(31)32-26-6-4-22(5-7-26)23-3-2-10-28(18-23)33-29(35-34-28)24-14-20-13-21(16-24)17-25(29)15-20;30-26(29-11-2-1-3-12-29)31-25-8-6-21(7-9-25)22-5-4-10-27(18-22)32-28(34-33-27)23-14-19-13-20(16-23)17-24(28)15-19/h6-7,10-11,19-21,23-26H,2-5,8-9,12-18H2,1H3,(H,31,32);4-11,20-21,23-25H,2-3,12-18H2,1H3;4-7,19-21,23-25H,2-3,8-18H2,1H3;6-9,19-20,22-24H,1-5,10-18H2/t19?,20?,21?,23?,24?,25?,26?,29-,30?;20?,21?,23?,24?,25?,29-,30?;20?,21?,23?,24?,25?,28-,29?;19?,20?,22?,23?,24?,27-,28?/m1111/s1. The molecule has 16 bridgehead atoms. The summed E-state index contributed by atoms with van der Waals surface area (Å²) in [4.78, 5) is 103. The van der Waals surface area contributed by atoms with Crippen molar-refractivity contribution < 1.29 is 101 Å². The van der Waals surface area contributed by atoms with E-state index in [9.17, 15) is 19.2 Å². The van der Waals surface area contributed by atoms with Gasteiger partial charge in [0.1, 0.15) is 28.7 Å². The number of ether oxygens (including phenoxy) is 9. The molecule has 8 atom stereocenters. The first-order valence-corrected chi connectivity index (χ1v) is 56.1. The van der Waals surface area contributed by atoms with Crippen molar-refractivity contribution in [2.45, 2.75) is 386 Å². The molecule has 6 heterocycles. The highest BCUT2D eigenvalue weighted by Gasteiger charge is 2.72. The maximum absolute atomic E-state index is 12.5. The topological polar surface area (TPSA) is 244 Å². The second-order valence-corrected chi connectivity index (χ2v) is 49.5. The van der Waals surface area contributed by atoms with E-state index in [4.69, 9.17) is 81.7 Å². The molecule has 0 radical (unpaired) electrons. The zero-order valence-corrected chi connectivity index (χ0v) is 83.4. The summed E-state index contributed by atoms with van der Waals surface area (Å²) < 4.78 is 55.3. The van der Waals surface area contributed by atoms with Crippen molar-refractivity contribution >= 4 is 24.4 Å². The molecule has 141 heavy (non-hydrogen) atoms. The Labute approximate surface area is 832 Å². The molecule has 6 aliphatic heterocycles. The van der Waals surface area contributed by atoms with Crippen LogP contribution in [0.2, 0.25) is 0 Å². The lowest BCUT2D eigenvalue weighted by Gasteiger charge is -2.57. The average molecular weight is 1940 g/mol. The number of likely N-dealkylation sites (tertiary alicyclic amines) is 2. The van der Waals surface area contributed by atoms with Gasteiger partial charge in [-0.15, -0.1) is 0 Å². The Hall–Kier alpha value is -7.30. The second kappa shape index (κ2) is 38.4. The number of piperidine rings is 2. The monoisotopic (exact) mass is 1930 g/mol. The van der Waals surface area contributed by atoms with E-state index < -0.39 is 52.5 Å². The summed E-state index contributed by atoms with van der Waals surface area (Å²) in [5, 5.41) is 3.04. The van der Waals surface area contributed by atoms with Crippen LogP contribution in [-0.2, 0) is 58.0 Å². The molecular weight excluding hydrogens is 1780 g/mol. The average Bonchev–Trinajstić information content (AvgIpc) is 1.61. The van der Waals surface area contributed by atoms with Gasteiger partial charge in [0, 0.05) is 131 Å². The smallest absolute Gasteiger partial charge is 0.410 e. The number of rotatable bonds is 10. The van der Waals surface area contributed by atoms with E-state index in [1.54, 1.807) is 12.1 Å². The Bertz CT molecular complexity index is 5150. The summed E-state index contributed by atoms with van der Waals surface area (Å²) in [6, 6.07) is 39.5. The largest absolute Gasteiger partial charge is 0.519 e. The molecule has 32 rings (SSSR count). The van der Waals surface area contributed by atoms with Gasteiger partial charge in [0.05, 0.1) is 0 Å². The molecule has 6 saturated heterocycles. The predicted molar refractivity (Wildman–Crippen MR) is 520 cm³/mol. The third-order valence-corrected chi connectivity index (χ3v) is 39.9. The fourth-order valence-electron chi connectivity index (χ4n) is 33.4. The molecule has 5 aromatic rings. The highest BCUT2D eigenvalue weighted by molar-refractivity contribution is 5.72. The quantitative estimate of drug-likeness (QED) is 0.0776. The molecule has 27 aliphatic rings. The fourth-order valence-corrected chi connectivity index (χ4v) is 33.4. The van der Waals surface area contributed by atoms with Crippen LogP contribution in [0.15, 0.2) is 121 Å². The van der Waals surface area contributed by atoms with Gasteiger partial charge in [-0.1, -0.05) is 80.1 Å². The van der Waals surface area contributed by atoms with Gasteiger partial charge in [-0.25, -0.2) is 19.2 Å². The van der Waals surface area contributed by atoms with E-state index in [0.717, 1.165) is 226 Å². The molecule has 0 aromatic heterocycles. The van der Waals surface area contributed by atoms with Crippen LogP contribution in [0.1, 0.15) is 354 Å². The van der Waals surface area contributed by atoms with Crippen molar-refractivity contribution in [2.75, 3.05) is 26.2 Å². The van der Waals surface area contributed by atoms with Crippen LogP contribution in [0.5, 0.6) is 28.7 Å². The van der Waals surface area contributed by atoms with Gasteiger partial charge in [-0.2, -0.15) is 39.1 Å². The van der Waals surface area contributed by atoms with E-state index in [1.165, 1.54) is 170 Å². The van der Waals surface area contributed by atoms with Gasteiger partial charge in [0.15, 0.2) is 0 Å². The number of carbonyl (C=O) groups excluding carboxylic acids is 4. The summed E-state index contributed by atoms with van der Waals surface area (Å²) in [6.07, 6.45) is 49.3. The number of hydrogen-bond acceptors (Lipinski definition) is 21. The number of amides is 3. The van der Waals surface area contributed by atoms with Gasteiger partial charge in [-0.05, 0) is 410 Å². The van der Waals surface area contributed by atoms with Crippen LogP contribution >= 0.6 is 0 Å². The minimum atomic E-state index is -0.742. The van der Waals surface area contributed by atoms with E-state index in [1.807, 2.05) is 89.5 Å². The van der Waals surface area contributed by atoms with Crippen molar-refractivity contribution in [1.29, 1.82) is 0 Å². The highest BCUT2D eigenvalue weighted by atomic mass is 17.3. The molecule has 21 aliphatic carbocycles. The van der Waals surface area contributed by atoms with Crippen LogP contribution in [0, 0.1) is 113 Å². The first-order valence-electron chi connectivity index (χ1n) is 56.1. The number of nitrogens with one attached hydrogen (secondary N) is 1. The maximum Gasteiger partial charge on any atom is 0.519 e. The summed E-state index contributed by atoms with van der Waals surface area (Å²) in [7, 11) is 0. The van der Waals surface area contributed by atoms with Crippen molar-refractivity contribution in [3.8, 4) is 28.7 Å². The number of hydrogen-bond donors (Lipinski definition) is 1. The van der Waals surface area contributed by atoms with E-state index in [0.29, 0.717) is 106 Å². The third-order valence-electron chi connectivity index (χ3n) is 39.9. The fraction of sp³-hybridized carbons (Fsp3) is 0.709. The van der Waals surface area contributed by atoms with Crippen LogP contribution in [0.3, 0.4) is 0 Å². The predicted octanol–water partition coefficient (Wildman–Crippen LogP) is 26.5. The van der Waals surface area contributed by atoms with Crippen molar-refractivity contribution in [3.63, 3.8) is 0 Å². The number of aryl methyl sites for hydroxylation is 1. The molecule has 27 fully saturated rings. The molecule has 760 valence electrons. The Morgan fingerprint density at radius 2 is 0.546 bits per heavy atom. The zero-order chi connectivity index (χ0) is 95.0. The van der Waals surface area contributed by atoms with E-state index in [2.05, 4.69) is 55.6 Å². The van der Waals surface area contributed by atoms with Gasteiger partial charge in [0.25, 0.3) is 0 Å². The number of carbonyl (C=O) groups is 4. The van der Waals surface area contributed by atoms with Crippen molar-refractivity contribution in [2.24, 2.45) is 107 Å². The maximum atomic E-state index is 12.5. The number of nitrogens with zero attached hydrogens (tertiary/aromatic N) is 2. The molecule has 24 nitrogen and oxygen atoms in total. The van der Waals surface area contributed by atoms with Crippen LogP contribution in [0.25, 0.3) is 0 Å². The Morgan fingerprint density at radius 3 is 0.844 bits per heavy atom. The Balaban J connectivity index is 0.0000000990. The molecular formula is C117H151N3O21. The van der Waals surface area contributed by atoms with Gasteiger partial charge >= 0.3 is 24.4 Å². The second-order valence-electron chi connectivity index (χ2n) is 49.5. The molecule has 1 N–H and O–H groups in total. The van der Waals surface area contributed by atoms with Crippen LogP contribution < -0.4 is 29.0 Å². The minimum absolute atomic E-state index is 0.227. The first-order chi connectivity index (χ1) is 68.6. The lowest BCUT2D eigenvalue weighted by molar-refractivity contribution is -0.390. The van der Waals surface area contributed by atoms with Crippen molar-refractivity contribution in [3.05, 3.63) is 149 Å². The first kappa shape index (κ1) is 94.7. The summed E-state index contributed by atoms with van der Waals surface area (Å²) in [5.41, 5.74) is 6.07. The molecule has 24 heteroatoms. The normalized spacial score (nSPS) is 42.4. The summed E-state index contributed by atoms with van der Waals surface area (Å²) >= 11 is 0. The van der Waals surface area contributed by atoms with Crippen LogP contribution in [0.4, 0.5) is 19.2 Å². The van der Waals surface area contributed by atoms with Gasteiger partial charge in [-0.3, -0.25) is 0 Å². The Kier molecular flexibility index (Phi) is 25.8. The van der Waals surface area contributed by atoms with Gasteiger partial charge < -0.3 is 57.7 Å². The molecule has 3 amide bonds. The molecule has 4 unspecified atom stereocenters. The lowest BCUT2D eigenvalue weighted by atomic mass is 9.53. The molecule has 21 saturated carbocycles. The van der Waals surface area contributed by atoms with Crippen molar-refractivity contribution in [1.82, 2.24) is 15.1 Å². The van der Waals surface area contributed by atoms with Crippen LogP contribution in [-0.4, -0.2) is 113 Å². The van der Waals surface area contributed by atoms with Gasteiger partial charge in [0.2, 0.25) is 46.3 Å². The minimum Gasteiger partial charge on any atom is -0.410 e. The molecule has 8 spiro atoms. The summed E-state index contributed by atoms with van der Waals surface area (Å²) in [6.45, 7) is 9.68. The third kappa shape index (κ3) is 18.9. The SMILES string of the molecule is CC1CCC(NC(=O)Oc2ccc(C3CCC[C@]4(C3)OOC3(O4)C4CC5CC(C4)CC3C5)cc2)CC1.CC1CCN(C(=O)Oc2ccc(C3CCC[C@]4(C3)OOC3(O4)C4CC5CC(C4)CC3C5)cc2)CC1.Cc1ccc(OC(=O)Oc2ccc(C3CCC[C@]4(C3)OOC3(O4)C4CC5CC(C4)CC3C5)cc2)cc1.O=C(Oc1ccc(C2CCC[C@]3(C2)OOC2(O3)C3CC4CC(C3)CC2C4)cc1)N1CCCCC1. The highest BCUT2D eigenvalue weighted by Crippen LogP contribution is 2.70. The lowest BCUT2D eigenvalue weighted by Crippen LogP contribution is -2.59. The number of benzene rings is 5. The van der Waals surface area contributed by atoms with E-state index in [-0.39, 0.29) is 24.3 Å². The zero-order valence-electron chi connectivity index (χ0n) is 83.4. The Morgan fingerprint density at radius 1 is 0.284 bits per heavy atom. The summed E-state index contributed by atoms with van der Waals surface area (Å²) in [5.74, 6) is 11.9.